The number of hydrogen-bond acceptors (Lipinski definition) is 3. The Morgan fingerprint density at radius 2 is 2.00 bits per heavy atom. The van der Waals surface area contributed by atoms with Gasteiger partial charge in [-0.1, -0.05) is 30.3 Å². The maximum absolute atomic E-state index is 11.8. The lowest BCUT2D eigenvalue weighted by atomic mass is 10.2. The summed E-state index contributed by atoms with van der Waals surface area (Å²) in [4.78, 5) is 12.5. The van der Waals surface area contributed by atoms with Gasteiger partial charge in [0.05, 0.1) is 11.5 Å². The van der Waals surface area contributed by atoms with Crippen molar-refractivity contribution in [1.82, 2.24) is 0 Å². The third-order valence-corrected chi connectivity index (χ3v) is 4.36. The second-order valence-electron chi connectivity index (χ2n) is 3.81. The zero-order valence-electron chi connectivity index (χ0n) is 9.77. The molecule has 0 saturated heterocycles. The molecule has 0 fully saturated rings. The molecule has 0 aliphatic carbocycles. The average Bonchev–Trinajstić information content (AvgIpc) is 2.82. The molecule has 2 aromatic rings. The molecule has 1 aromatic heterocycles. The number of benzene rings is 1. The van der Waals surface area contributed by atoms with Crippen molar-refractivity contribution in [3.63, 3.8) is 0 Å². The molecule has 0 unspecified atom stereocenters. The molecule has 2 rings (SSSR count). The molecule has 0 saturated carbocycles. The minimum absolute atomic E-state index is 0.0323. The molecule has 1 heterocycles. The minimum atomic E-state index is 0.0323. The number of rotatable bonds is 6. The fourth-order valence-electron chi connectivity index (χ4n) is 1.56. The van der Waals surface area contributed by atoms with E-state index >= 15 is 0 Å². The van der Waals surface area contributed by atoms with Crippen LogP contribution in [0.5, 0.6) is 0 Å². The molecule has 0 aliphatic rings. The highest BCUT2D eigenvalue weighted by Gasteiger charge is 2.11. The highest BCUT2D eigenvalue weighted by molar-refractivity contribution is 9.10. The Bertz CT molecular complexity index is 508. The first-order valence-corrected chi connectivity index (χ1v) is 7.32. The van der Waals surface area contributed by atoms with Crippen molar-refractivity contribution in [2.24, 2.45) is 0 Å². The van der Waals surface area contributed by atoms with Crippen molar-refractivity contribution in [2.75, 3.05) is 13.2 Å². The van der Waals surface area contributed by atoms with Crippen molar-refractivity contribution < 1.29 is 9.53 Å². The highest BCUT2D eigenvalue weighted by atomic mass is 79.9. The second-order valence-corrected chi connectivity index (χ2v) is 5.58. The van der Waals surface area contributed by atoms with Crippen LogP contribution in [0.2, 0.25) is 0 Å². The monoisotopic (exact) mass is 324 g/mol. The number of hydrogen-bond donors (Lipinski definition) is 0. The van der Waals surface area contributed by atoms with Gasteiger partial charge in [-0.25, -0.2) is 0 Å². The zero-order chi connectivity index (χ0) is 12.8. The number of ketones is 1. The van der Waals surface area contributed by atoms with Gasteiger partial charge in [0.1, 0.15) is 6.61 Å². The molecule has 0 atom stereocenters. The molecule has 94 valence electrons. The lowest BCUT2D eigenvalue weighted by molar-refractivity contribution is 0.0769. The number of carbonyl (C=O) groups excluding carboxylic acids is 1. The summed E-state index contributed by atoms with van der Waals surface area (Å²) in [5.41, 5.74) is 1.22. The van der Waals surface area contributed by atoms with Crippen LogP contribution in [0.4, 0.5) is 0 Å². The second kappa shape index (κ2) is 6.83. The van der Waals surface area contributed by atoms with E-state index in [9.17, 15) is 4.79 Å². The predicted octanol–water partition coefficient (Wildman–Crippen LogP) is 3.95. The van der Waals surface area contributed by atoms with E-state index in [1.54, 1.807) is 0 Å². The number of thiophene rings is 1. The number of Topliss-reactive ketones (excluding diaryl/α,β-unsaturated/α-hetero) is 1. The largest absolute Gasteiger partial charge is 0.373 e. The van der Waals surface area contributed by atoms with Crippen molar-refractivity contribution in [3.8, 4) is 0 Å². The van der Waals surface area contributed by atoms with Crippen LogP contribution in [0.3, 0.4) is 0 Å². The van der Waals surface area contributed by atoms with Crippen molar-refractivity contribution in [2.45, 2.75) is 6.42 Å². The summed E-state index contributed by atoms with van der Waals surface area (Å²) in [6, 6.07) is 12.0. The van der Waals surface area contributed by atoms with Crippen LogP contribution in [0.1, 0.15) is 15.2 Å². The topological polar surface area (TPSA) is 26.3 Å². The normalized spacial score (nSPS) is 10.5. The fraction of sp³-hybridized carbons (Fsp3) is 0.214. The first kappa shape index (κ1) is 13.5. The maximum Gasteiger partial charge on any atom is 0.199 e. The number of halogens is 1. The molecule has 0 aliphatic heterocycles. The van der Waals surface area contributed by atoms with Gasteiger partial charge in [-0.15, -0.1) is 11.3 Å². The standard InChI is InChI=1S/C14H13BrO2S/c15-12-7-9-18-14(12)13(16)10-17-8-6-11-4-2-1-3-5-11/h1-5,7,9H,6,8,10H2. The van der Waals surface area contributed by atoms with Crippen LogP contribution in [-0.4, -0.2) is 19.0 Å². The Hall–Kier alpha value is -0.970. The Morgan fingerprint density at radius 3 is 2.67 bits per heavy atom. The first-order chi connectivity index (χ1) is 8.77. The van der Waals surface area contributed by atoms with Gasteiger partial charge >= 0.3 is 0 Å². The molecule has 1 aromatic carbocycles. The van der Waals surface area contributed by atoms with Crippen molar-refractivity contribution in [3.05, 3.63) is 56.7 Å². The molecule has 0 bridgehead atoms. The molecule has 0 amide bonds. The van der Waals surface area contributed by atoms with Crippen LogP contribution in [0, 0.1) is 0 Å². The Kier molecular flexibility index (Phi) is 5.11. The summed E-state index contributed by atoms with van der Waals surface area (Å²) < 4.78 is 6.27. The van der Waals surface area contributed by atoms with E-state index in [2.05, 4.69) is 28.1 Å². The molecule has 0 N–H and O–H groups in total. The van der Waals surface area contributed by atoms with Gasteiger partial charge in [0, 0.05) is 4.47 Å². The van der Waals surface area contributed by atoms with Gasteiger partial charge in [0.2, 0.25) is 0 Å². The summed E-state index contributed by atoms with van der Waals surface area (Å²) in [5.74, 6) is 0.0323. The molecule has 0 radical (unpaired) electrons. The Labute approximate surface area is 119 Å². The van der Waals surface area contributed by atoms with E-state index in [0.29, 0.717) is 6.61 Å². The third kappa shape index (κ3) is 3.77. The molecule has 18 heavy (non-hydrogen) atoms. The van der Waals surface area contributed by atoms with Gasteiger partial charge in [-0.2, -0.15) is 0 Å². The third-order valence-electron chi connectivity index (χ3n) is 2.48. The molecular weight excluding hydrogens is 312 g/mol. The van der Waals surface area contributed by atoms with Gasteiger partial charge in [-0.3, -0.25) is 4.79 Å². The van der Waals surface area contributed by atoms with Gasteiger partial charge in [0.25, 0.3) is 0 Å². The van der Waals surface area contributed by atoms with Crippen LogP contribution in [0.15, 0.2) is 46.3 Å². The van der Waals surface area contributed by atoms with Gasteiger partial charge in [-0.05, 0) is 39.4 Å². The molecule has 0 spiro atoms. The summed E-state index contributed by atoms with van der Waals surface area (Å²) in [6.45, 7) is 0.713. The summed E-state index contributed by atoms with van der Waals surface area (Å²) in [6.07, 6.45) is 0.833. The minimum Gasteiger partial charge on any atom is -0.373 e. The van der Waals surface area contributed by atoms with Gasteiger partial charge in [0.15, 0.2) is 5.78 Å². The van der Waals surface area contributed by atoms with E-state index in [1.165, 1.54) is 16.9 Å². The van der Waals surface area contributed by atoms with Crippen LogP contribution < -0.4 is 0 Å². The predicted molar refractivity (Wildman–Crippen MR) is 77.3 cm³/mol. The van der Waals surface area contributed by atoms with Crippen LogP contribution in [0.25, 0.3) is 0 Å². The van der Waals surface area contributed by atoms with Crippen molar-refractivity contribution in [1.29, 1.82) is 0 Å². The SMILES string of the molecule is O=C(COCCc1ccccc1)c1sccc1Br. The van der Waals surface area contributed by atoms with Crippen LogP contribution in [-0.2, 0) is 11.2 Å². The molecule has 4 heteroatoms. The van der Waals surface area contributed by atoms with Crippen molar-refractivity contribution >= 4 is 33.0 Å². The Morgan fingerprint density at radius 1 is 1.22 bits per heavy atom. The first-order valence-electron chi connectivity index (χ1n) is 5.65. The van der Waals surface area contributed by atoms with E-state index in [4.69, 9.17) is 4.74 Å². The summed E-state index contributed by atoms with van der Waals surface area (Å²) >= 11 is 4.78. The highest BCUT2D eigenvalue weighted by Crippen LogP contribution is 2.22. The summed E-state index contributed by atoms with van der Waals surface area (Å²) in [7, 11) is 0. The number of carbonyl (C=O) groups is 1. The van der Waals surface area contributed by atoms with E-state index in [0.717, 1.165) is 15.8 Å². The quantitative estimate of drug-likeness (QED) is 0.594. The fourth-order valence-corrected chi connectivity index (χ4v) is 3.08. The van der Waals surface area contributed by atoms with E-state index < -0.39 is 0 Å². The summed E-state index contributed by atoms with van der Waals surface area (Å²) in [5, 5.41) is 1.89. The number of ether oxygens (including phenoxy) is 1. The van der Waals surface area contributed by atoms with Crippen LogP contribution >= 0.6 is 27.3 Å². The average molecular weight is 325 g/mol. The molecular formula is C14H13BrO2S. The molecule has 2 nitrogen and oxygen atoms in total. The lowest BCUT2D eigenvalue weighted by Gasteiger charge is -2.03. The zero-order valence-corrected chi connectivity index (χ0v) is 12.2. The van der Waals surface area contributed by atoms with E-state index in [-0.39, 0.29) is 12.4 Å². The lowest BCUT2D eigenvalue weighted by Crippen LogP contribution is -2.10. The smallest absolute Gasteiger partial charge is 0.199 e. The van der Waals surface area contributed by atoms with Gasteiger partial charge < -0.3 is 4.74 Å². The Balaban J connectivity index is 1.73. The maximum atomic E-state index is 11.8. The van der Waals surface area contributed by atoms with E-state index in [1.807, 2.05) is 29.6 Å².